The van der Waals surface area contributed by atoms with Crippen LogP contribution in [0.2, 0.25) is 0 Å². The summed E-state index contributed by atoms with van der Waals surface area (Å²) in [7, 11) is 0. The second kappa shape index (κ2) is 14.8. The summed E-state index contributed by atoms with van der Waals surface area (Å²) in [6.45, 7) is 4.48. The van der Waals surface area contributed by atoms with E-state index in [1.165, 1.54) is 77.6 Å². The van der Waals surface area contributed by atoms with Gasteiger partial charge in [-0.05, 0) is 120 Å². The molecule has 0 unspecified atom stereocenters. The van der Waals surface area contributed by atoms with Crippen molar-refractivity contribution in [3.63, 3.8) is 0 Å². The molecule has 0 amide bonds. The maximum Gasteiger partial charge on any atom is 0.0541 e. The summed E-state index contributed by atoms with van der Waals surface area (Å²) in [6.07, 6.45) is 15.5. The number of para-hydroxylation sites is 2. The number of benzene rings is 6. The van der Waals surface area contributed by atoms with E-state index in [0.717, 1.165) is 18.5 Å². The van der Waals surface area contributed by atoms with Crippen molar-refractivity contribution in [1.29, 1.82) is 0 Å². The number of anilines is 1. The van der Waals surface area contributed by atoms with Crippen LogP contribution >= 0.6 is 0 Å². The Bertz CT molecular complexity index is 2500. The standard InChI is InChI=1S/C50H42N2/c1-36-14-9-10-19-45(36)46(37(2)34-38-23-25-40(26-24-38)39-15-5-3-6-16-39)21-13-33-51-43-30-27-41(28-31-43)42-29-32-50-48(35-42)47-20-11-12-22-49(47)52(50)44-17-7-4-8-18-44/h3-8,10-13,15-35,51H,9,14H2,1-2H3/b33-13+,37-34-,46-21+. The van der Waals surface area contributed by atoms with Gasteiger partial charge in [0.25, 0.3) is 0 Å². The molecule has 0 saturated carbocycles. The molecule has 0 saturated heterocycles. The number of allylic oxidation sites excluding steroid dienone is 8. The molecule has 0 aliphatic heterocycles. The van der Waals surface area contributed by atoms with Crippen molar-refractivity contribution in [2.24, 2.45) is 0 Å². The molecule has 8 rings (SSSR count). The van der Waals surface area contributed by atoms with Gasteiger partial charge < -0.3 is 9.88 Å². The molecule has 1 aliphatic carbocycles. The lowest BCUT2D eigenvalue weighted by atomic mass is 9.88. The Kier molecular flexibility index (Phi) is 9.37. The van der Waals surface area contributed by atoms with Crippen LogP contribution in [-0.4, -0.2) is 4.57 Å². The fraction of sp³-hybridized carbons (Fsp3) is 0.0800. The zero-order valence-electron chi connectivity index (χ0n) is 29.8. The van der Waals surface area contributed by atoms with Gasteiger partial charge in [0.05, 0.1) is 11.0 Å². The predicted octanol–water partition coefficient (Wildman–Crippen LogP) is 13.7. The second-order valence-electron chi connectivity index (χ2n) is 13.5. The fourth-order valence-corrected chi connectivity index (χ4v) is 7.32. The average molecular weight is 671 g/mol. The third-order valence-corrected chi connectivity index (χ3v) is 10.1. The summed E-state index contributed by atoms with van der Waals surface area (Å²) in [5.74, 6) is 0. The highest BCUT2D eigenvalue weighted by atomic mass is 15.0. The van der Waals surface area contributed by atoms with E-state index in [4.69, 9.17) is 0 Å². The summed E-state index contributed by atoms with van der Waals surface area (Å²) < 4.78 is 2.36. The number of rotatable bonds is 9. The molecule has 0 spiro atoms. The summed E-state index contributed by atoms with van der Waals surface area (Å²) >= 11 is 0. The predicted molar refractivity (Wildman–Crippen MR) is 224 cm³/mol. The highest BCUT2D eigenvalue weighted by Gasteiger charge is 2.14. The molecule has 0 bridgehead atoms. The van der Waals surface area contributed by atoms with Crippen LogP contribution in [0.15, 0.2) is 204 Å². The van der Waals surface area contributed by atoms with E-state index in [2.05, 4.69) is 206 Å². The monoisotopic (exact) mass is 670 g/mol. The quantitative estimate of drug-likeness (QED) is 0.151. The first kappa shape index (κ1) is 32.8. The molecule has 0 atom stereocenters. The Morgan fingerprint density at radius 2 is 1.27 bits per heavy atom. The van der Waals surface area contributed by atoms with E-state index in [1.807, 2.05) is 6.20 Å². The SMILES string of the molecule is CC1=C(C(=C/C=C/Nc2ccc(-c3ccc4c(c3)c3ccccc3n4-c3ccccc3)cc2)/C(C)=C\c2ccc(-c3ccccc3)cc2)C=CCC1. The van der Waals surface area contributed by atoms with Gasteiger partial charge in [0.15, 0.2) is 0 Å². The Hall–Kier alpha value is -6.38. The highest BCUT2D eigenvalue weighted by Crippen LogP contribution is 2.35. The molecule has 2 nitrogen and oxygen atoms in total. The molecule has 252 valence electrons. The second-order valence-corrected chi connectivity index (χ2v) is 13.5. The first-order valence-corrected chi connectivity index (χ1v) is 18.2. The van der Waals surface area contributed by atoms with E-state index in [1.54, 1.807) is 0 Å². The van der Waals surface area contributed by atoms with Crippen molar-refractivity contribution < 1.29 is 0 Å². The Morgan fingerprint density at radius 1 is 0.635 bits per heavy atom. The minimum absolute atomic E-state index is 1.05. The van der Waals surface area contributed by atoms with Crippen LogP contribution in [0, 0.1) is 0 Å². The molecule has 7 aromatic rings. The first-order valence-electron chi connectivity index (χ1n) is 18.2. The number of hydrogen-bond donors (Lipinski definition) is 1. The van der Waals surface area contributed by atoms with E-state index in [9.17, 15) is 0 Å². The molecule has 52 heavy (non-hydrogen) atoms. The van der Waals surface area contributed by atoms with Gasteiger partial charge in [-0.3, -0.25) is 0 Å². The average Bonchev–Trinajstić information content (AvgIpc) is 3.53. The normalized spacial score (nSPS) is 13.8. The number of aromatic nitrogens is 1. The summed E-state index contributed by atoms with van der Waals surface area (Å²) in [6, 6.07) is 54.2. The van der Waals surface area contributed by atoms with Crippen molar-refractivity contribution >= 4 is 33.6 Å². The van der Waals surface area contributed by atoms with Gasteiger partial charge in [-0.25, -0.2) is 0 Å². The lowest BCUT2D eigenvalue weighted by Crippen LogP contribution is -1.97. The van der Waals surface area contributed by atoms with Gasteiger partial charge in [-0.1, -0.05) is 139 Å². The van der Waals surface area contributed by atoms with E-state index in [-0.39, 0.29) is 0 Å². The minimum atomic E-state index is 1.05. The zero-order valence-corrected chi connectivity index (χ0v) is 29.8. The molecule has 1 aliphatic rings. The molecule has 0 fully saturated rings. The Labute approximate surface area is 307 Å². The first-order chi connectivity index (χ1) is 25.6. The van der Waals surface area contributed by atoms with Crippen LogP contribution in [0.5, 0.6) is 0 Å². The van der Waals surface area contributed by atoms with Crippen LogP contribution in [0.3, 0.4) is 0 Å². The van der Waals surface area contributed by atoms with Gasteiger partial charge >= 0.3 is 0 Å². The van der Waals surface area contributed by atoms with Crippen LogP contribution in [-0.2, 0) is 0 Å². The maximum absolute atomic E-state index is 3.50. The van der Waals surface area contributed by atoms with Crippen LogP contribution in [0.25, 0.3) is 55.8 Å². The van der Waals surface area contributed by atoms with Gasteiger partial charge in [-0.15, -0.1) is 0 Å². The van der Waals surface area contributed by atoms with Crippen LogP contribution < -0.4 is 5.32 Å². The molecule has 1 heterocycles. The molecule has 2 heteroatoms. The van der Waals surface area contributed by atoms with Gasteiger partial charge in [0.1, 0.15) is 0 Å². The Morgan fingerprint density at radius 3 is 2.04 bits per heavy atom. The van der Waals surface area contributed by atoms with Crippen molar-refractivity contribution in [3.05, 3.63) is 210 Å². The lowest BCUT2D eigenvalue weighted by molar-refractivity contribution is 0.943. The van der Waals surface area contributed by atoms with E-state index in [0.29, 0.717) is 0 Å². The number of hydrogen-bond acceptors (Lipinski definition) is 1. The third kappa shape index (κ3) is 6.84. The lowest BCUT2D eigenvalue weighted by Gasteiger charge is -2.17. The van der Waals surface area contributed by atoms with Crippen LogP contribution in [0.1, 0.15) is 32.3 Å². The van der Waals surface area contributed by atoms with Crippen LogP contribution in [0.4, 0.5) is 5.69 Å². The fourth-order valence-electron chi connectivity index (χ4n) is 7.32. The largest absolute Gasteiger partial charge is 0.362 e. The molecular formula is C50H42N2. The van der Waals surface area contributed by atoms with Gasteiger partial charge in [-0.2, -0.15) is 0 Å². The molecule has 1 N–H and O–H groups in total. The van der Waals surface area contributed by atoms with Gasteiger partial charge in [0.2, 0.25) is 0 Å². The summed E-state index contributed by atoms with van der Waals surface area (Å²) in [4.78, 5) is 0. The van der Waals surface area contributed by atoms with Crippen molar-refractivity contribution in [2.45, 2.75) is 26.7 Å². The van der Waals surface area contributed by atoms with Crippen molar-refractivity contribution in [1.82, 2.24) is 4.57 Å². The Balaban J connectivity index is 1.02. The van der Waals surface area contributed by atoms with E-state index < -0.39 is 0 Å². The number of nitrogens with zero attached hydrogens (tertiary/aromatic N) is 1. The smallest absolute Gasteiger partial charge is 0.0541 e. The van der Waals surface area contributed by atoms with Crippen molar-refractivity contribution in [2.75, 3.05) is 5.32 Å². The minimum Gasteiger partial charge on any atom is -0.362 e. The number of nitrogens with one attached hydrogen (secondary N) is 1. The highest BCUT2D eigenvalue weighted by molar-refractivity contribution is 6.10. The maximum atomic E-state index is 3.50. The molecular weight excluding hydrogens is 629 g/mol. The molecule has 1 aromatic heterocycles. The molecule has 6 aromatic carbocycles. The number of fused-ring (bicyclic) bond motifs is 3. The summed E-state index contributed by atoms with van der Waals surface area (Å²) in [5, 5.41) is 6.02. The van der Waals surface area contributed by atoms with Crippen molar-refractivity contribution in [3.8, 4) is 27.9 Å². The van der Waals surface area contributed by atoms with Gasteiger partial charge in [0, 0.05) is 28.3 Å². The topological polar surface area (TPSA) is 17.0 Å². The third-order valence-electron chi connectivity index (χ3n) is 10.1. The molecule has 0 radical (unpaired) electrons. The summed E-state index contributed by atoms with van der Waals surface area (Å²) in [5.41, 5.74) is 16.0. The zero-order chi connectivity index (χ0) is 35.3. The van der Waals surface area contributed by atoms with E-state index >= 15 is 0 Å².